The van der Waals surface area contributed by atoms with E-state index in [9.17, 15) is 4.79 Å². The van der Waals surface area contributed by atoms with Gasteiger partial charge in [-0.1, -0.05) is 27.2 Å². The van der Waals surface area contributed by atoms with Crippen LogP contribution in [0.4, 0.5) is 0 Å². The molecular weight excluding hydrogens is 240 g/mol. The quantitative estimate of drug-likeness (QED) is 0.804. The van der Waals surface area contributed by atoms with Crippen LogP contribution in [-0.2, 0) is 5.41 Å². The van der Waals surface area contributed by atoms with E-state index < -0.39 is 0 Å². The first-order chi connectivity index (χ1) is 8.97. The summed E-state index contributed by atoms with van der Waals surface area (Å²) in [5, 5.41) is 11.1. The van der Waals surface area contributed by atoms with Gasteiger partial charge in [-0.25, -0.2) is 5.43 Å². The average Bonchev–Trinajstić information content (AvgIpc) is 2.87. The van der Waals surface area contributed by atoms with Gasteiger partial charge in [0.15, 0.2) is 5.69 Å². The second-order valence-electron chi connectivity index (χ2n) is 6.10. The van der Waals surface area contributed by atoms with Crippen LogP contribution in [0, 0.1) is 0 Å². The van der Waals surface area contributed by atoms with E-state index in [0.29, 0.717) is 5.69 Å². The fourth-order valence-corrected chi connectivity index (χ4v) is 2.08. The van der Waals surface area contributed by atoms with Gasteiger partial charge in [0, 0.05) is 16.8 Å². The van der Waals surface area contributed by atoms with Gasteiger partial charge in [0.25, 0.3) is 5.91 Å². The molecular formula is C14H22N4O. The minimum absolute atomic E-state index is 0.0409. The standard InChI is InChI=1S/C14H22N4O/c1-14(2,3)12-9-11(16-17-12)13(19)18-15-10-7-5-4-6-8-10/h9H,4-8H2,1-3H3,(H,16,17)(H,18,19). The third kappa shape index (κ3) is 3.66. The van der Waals surface area contributed by atoms with Crippen LogP contribution >= 0.6 is 0 Å². The molecule has 0 spiro atoms. The summed E-state index contributed by atoms with van der Waals surface area (Å²) in [5.74, 6) is -0.246. The van der Waals surface area contributed by atoms with Crippen LogP contribution in [0.2, 0.25) is 0 Å². The number of nitrogens with one attached hydrogen (secondary N) is 2. The van der Waals surface area contributed by atoms with Crippen molar-refractivity contribution in [1.82, 2.24) is 15.6 Å². The fraction of sp³-hybridized carbons (Fsp3) is 0.643. The van der Waals surface area contributed by atoms with Crippen molar-refractivity contribution < 1.29 is 4.79 Å². The van der Waals surface area contributed by atoms with Gasteiger partial charge in [-0.15, -0.1) is 0 Å². The van der Waals surface area contributed by atoms with Gasteiger partial charge in [-0.05, 0) is 31.7 Å². The maximum absolute atomic E-state index is 11.9. The maximum Gasteiger partial charge on any atom is 0.291 e. The Hall–Kier alpha value is -1.65. The Morgan fingerprint density at radius 3 is 2.58 bits per heavy atom. The van der Waals surface area contributed by atoms with Gasteiger partial charge >= 0.3 is 0 Å². The van der Waals surface area contributed by atoms with Crippen LogP contribution in [-0.4, -0.2) is 21.8 Å². The van der Waals surface area contributed by atoms with Crippen molar-refractivity contribution in [3.63, 3.8) is 0 Å². The number of H-pyrrole nitrogens is 1. The molecule has 0 bridgehead atoms. The molecule has 19 heavy (non-hydrogen) atoms. The molecule has 0 radical (unpaired) electrons. The Bertz CT molecular complexity index is 474. The van der Waals surface area contributed by atoms with E-state index in [2.05, 4.69) is 41.5 Å². The highest BCUT2D eigenvalue weighted by atomic mass is 16.2. The first kappa shape index (κ1) is 13.8. The van der Waals surface area contributed by atoms with E-state index in [0.717, 1.165) is 24.2 Å². The monoisotopic (exact) mass is 262 g/mol. The van der Waals surface area contributed by atoms with E-state index in [-0.39, 0.29) is 11.3 Å². The molecule has 0 atom stereocenters. The van der Waals surface area contributed by atoms with Crippen molar-refractivity contribution in [2.75, 3.05) is 0 Å². The molecule has 1 fully saturated rings. The summed E-state index contributed by atoms with van der Waals surface area (Å²) >= 11 is 0. The smallest absolute Gasteiger partial charge is 0.281 e. The zero-order valence-corrected chi connectivity index (χ0v) is 11.9. The van der Waals surface area contributed by atoms with E-state index >= 15 is 0 Å². The summed E-state index contributed by atoms with van der Waals surface area (Å²) in [6.07, 6.45) is 5.60. The lowest BCUT2D eigenvalue weighted by Gasteiger charge is -2.14. The number of carbonyl (C=O) groups is 1. The van der Waals surface area contributed by atoms with Crippen LogP contribution in [0.15, 0.2) is 11.2 Å². The topological polar surface area (TPSA) is 70.1 Å². The maximum atomic E-state index is 11.9. The number of carbonyl (C=O) groups excluding carboxylic acids is 1. The van der Waals surface area contributed by atoms with Gasteiger partial charge in [0.2, 0.25) is 0 Å². The lowest BCUT2D eigenvalue weighted by Crippen LogP contribution is -2.21. The van der Waals surface area contributed by atoms with Gasteiger partial charge in [-0.3, -0.25) is 9.89 Å². The third-order valence-electron chi connectivity index (χ3n) is 3.36. The molecule has 1 amide bonds. The van der Waals surface area contributed by atoms with Crippen LogP contribution in [0.1, 0.15) is 69.1 Å². The van der Waals surface area contributed by atoms with E-state index in [1.165, 1.54) is 19.3 Å². The average molecular weight is 262 g/mol. The highest BCUT2D eigenvalue weighted by Crippen LogP contribution is 2.20. The molecule has 1 aromatic rings. The number of amides is 1. The third-order valence-corrected chi connectivity index (χ3v) is 3.36. The SMILES string of the molecule is CC(C)(C)c1cc(C(=O)NN=C2CCCCC2)n[nH]1. The van der Waals surface area contributed by atoms with Gasteiger partial charge < -0.3 is 0 Å². The molecule has 0 aliphatic heterocycles. The predicted octanol–water partition coefficient (Wildman–Crippen LogP) is 2.76. The van der Waals surface area contributed by atoms with Gasteiger partial charge in [0.1, 0.15) is 0 Å². The number of hydrogen-bond acceptors (Lipinski definition) is 3. The first-order valence-electron chi connectivity index (χ1n) is 6.88. The minimum Gasteiger partial charge on any atom is -0.281 e. The summed E-state index contributed by atoms with van der Waals surface area (Å²) in [5.41, 5.74) is 4.99. The lowest BCUT2D eigenvalue weighted by molar-refractivity contribution is 0.0949. The number of aromatic amines is 1. The molecule has 2 rings (SSSR count). The molecule has 0 aromatic carbocycles. The Labute approximate surface area is 113 Å². The predicted molar refractivity (Wildman–Crippen MR) is 75.3 cm³/mol. The van der Waals surface area contributed by atoms with Crippen molar-refractivity contribution >= 4 is 11.6 Å². The lowest BCUT2D eigenvalue weighted by atomic mass is 9.92. The Morgan fingerprint density at radius 2 is 2.00 bits per heavy atom. The molecule has 1 aromatic heterocycles. The Kier molecular flexibility index (Phi) is 4.02. The van der Waals surface area contributed by atoms with Gasteiger partial charge in [-0.2, -0.15) is 10.2 Å². The second kappa shape index (κ2) is 5.55. The van der Waals surface area contributed by atoms with E-state index in [1.54, 1.807) is 6.07 Å². The number of hydrazone groups is 1. The first-order valence-corrected chi connectivity index (χ1v) is 6.88. The van der Waals surface area contributed by atoms with E-state index in [1.807, 2.05) is 0 Å². The molecule has 5 heteroatoms. The molecule has 1 aliphatic rings. The second-order valence-corrected chi connectivity index (χ2v) is 6.10. The van der Waals surface area contributed by atoms with Crippen LogP contribution in [0.5, 0.6) is 0 Å². The summed E-state index contributed by atoms with van der Waals surface area (Å²) in [7, 11) is 0. The number of aromatic nitrogens is 2. The highest BCUT2D eigenvalue weighted by Gasteiger charge is 2.19. The van der Waals surface area contributed by atoms with Crippen molar-refractivity contribution in [3.05, 3.63) is 17.5 Å². The molecule has 104 valence electrons. The molecule has 0 unspecified atom stereocenters. The molecule has 0 saturated heterocycles. The van der Waals surface area contributed by atoms with Crippen molar-refractivity contribution in [3.8, 4) is 0 Å². The van der Waals surface area contributed by atoms with Crippen molar-refractivity contribution in [2.45, 2.75) is 58.3 Å². The van der Waals surface area contributed by atoms with Crippen molar-refractivity contribution in [2.24, 2.45) is 5.10 Å². The molecule has 5 nitrogen and oxygen atoms in total. The normalized spacial score (nSPS) is 16.3. The van der Waals surface area contributed by atoms with Crippen LogP contribution in [0.25, 0.3) is 0 Å². The number of hydrogen-bond donors (Lipinski definition) is 2. The van der Waals surface area contributed by atoms with Crippen LogP contribution in [0.3, 0.4) is 0 Å². The fourth-order valence-electron chi connectivity index (χ4n) is 2.08. The largest absolute Gasteiger partial charge is 0.291 e. The number of rotatable bonds is 2. The summed E-state index contributed by atoms with van der Waals surface area (Å²) in [4.78, 5) is 11.9. The molecule has 1 heterocycles. The number of nitrogens with zero attached hydrogens (tertiary/aromatic N) is 2. The minimum atomic E-state index is -0.246. The summed E-state index contributed by atoms with van der Waals surface area (Å²) < 4.78 is 0. The van der Waals surface area contributed by atoms with Crippen molar-refractivity contribution in [1.29, 1.82) is 0 Å². The zero-order valence-electron chi connectivity index (χ0n) is 11.9. The Balaban J connectivity index is 1.98. The molecule has 1 aliphatic carbocycles. The summed E-state index contributed by atoms with van der Waals surface area (Å²) in [6.45, 7) is 6.22. The highest BCUT2D eigenvalue weighted by molar-refractivity contribution is 5.94. The van der Waals surface area contributed by atoms with E-state index in [4.69, 9.17) is 0 Å². The summed E-state index contributed by atoms with van der Waals surface area (Å²) in [6, 6.07) is 1.79. The zero-order chi connectivity index (χ0) is 13.9. The molecule has 1 saturated carbocycles. The Morgan fingerprint density at radius 1 is 1.32 bits per heavy atom. The molecule has 2 N–H and O–H groups in total. The van der Waals surface area contributed by atoms with Crippen LogP contribution < -0.4 is 5.43 Å². The van der Waals surface area contributed by atoms with Gasteiger partial charge in [0.05, 0.1) is 0 Å².